The summed E-state index contributed by atoms with van der Waals surface area (Å²) in [6.07, 6.45) is 2.35. The first-order chi connectivity index (χ1) is 29.7. The molecule has 0 fully saturated rings. The number of hydrogen-bond donors (Lipinski definition) is 0. The molecule has 0 N–H and O–H groups in total. The third-order valence-corrected chi connectivity index (χ3v) is 13.6. The van der Waals surface area contributed by atoms with Gasteiger partial charge in [0.25, 0.3) is 0 Å². The largest absolute Gasteiger partial charge is 0.311 e. The summed E-state index contributed by atoms with van der Waals surface area (Å²) in [6.45, 7) is 15.7. The van der Waals surface area contributed by atoms with Gasteiger partial charge in [-0.05, 0) is 149 Å². The molecule has 0 bridgehead atoms. The van der Waals surface area contributed by atoms with Crippen LogP contribution in [-0.4, -0.2) is 0 Å². The molecule has 9 aromatic carbocycles. The minimum Gasteiger partial charge on any atom is -0.311 e. The number of hydrogen-bond acceptors (Lipinski definition) is 2. The van der Waals surface area contributed by atoms with Crippen LogP contribution in [0, 0.1) is 6.92 Å². The maximum Gasteiger partial charge on any atom is 0.0462 e. The van der Waals surface area contributed by atoms with E-state index in [1.807, 2.05) is 11.3 Å². The van der Waals surface area contributed by atoms with Crippen LogP contribution in [-0.2, 0) is 0 Å². The van der Waals surface area contributed by atoms with Gasteiger partial charge in [-0.3, -0.25) is 0 Å². The van der Waals surface area contributed by atoms with E-state index in [0.717, 1.165) is 22.3 Å². The molecule has 0 amide bonds. The second-order valence-electron chi connectivity index (χ2n) is 17.0. The zero-order chi connectivity index (χ0) is 41.8. The average Bonchev–Trinajstić information content (AvgIpc) is 3.60. The van der Waals surface area contributed by atoms with E-state index in [0.29, 0.717) is 11.8 Å². The van der Waals surface area contributed by atoms with Gasteiger partial charge in [-0.2, -0.15) is 0 Å². The summed E-state index contributed by atoms with van der Waals surface area (Å²) in [6, 6.07) is 65.3. The lowest BCUT2D eigenvalue weighted by atomic mass is 9.86. The van der Waals surface area contributed by atoms with Crippen molar-refractivity contribution in [3.63, 3.8) is 0 Å². The highest BCUT2D eigenvalue weighted by atomic mass is 32.1. The molecule has 296 valence electrons. The Hall–Kier alpha value is -6.74. The summed E-state index contributed by atoms with van der Waals surface area (Å²) in [4.78, 5) is 3.69. The first-order valence-electron chi connectivity index (χ1n) is 21.5. The van der Waals surface area contributed by atoms with Crippen LogP contribution in [0.1, 0.15) is 61.1 Å². The Morgan fingerprint density at radius 1 is 0.475 bits per heavy atom. The third kappa shape index (κ3) is 6.92. The van der Waals surface area contributed by atoms with Crippen LogP contribution in [0.25, 0.3) is 77.3 Å². The number of benzene rings is 9. The fourth-order valence-electron chi connectivity index (χ4n) is 9.22. The van der Waals surface area contributed by atoms with E-state index >= 15 is 0 Å². The molecular weight excluding hydrogens is 755 g/mol. The van der Waals surface area contributed by atoms with Crippen LogP contribution in [0.4, 0.5) is 17.1 Å². The summed E-state index contributed by atoms with van der Waals surface area (Å²) < 4.78 is 1.29. The van der Waals surface area contributed by atoms with Crippen molar-refractivity contribution in [2.24, 2.45) is 0 Å². The molecular formula is C59H49NS. The quantitative estimate of drug-likeness (QED) is 0.138. The van der Waals surface area contributed by atoms with Crippen molar-refractivity contribution < 1.29 is 0 Å². The van der Waals surface area contributed by atoms with Gasteiger partial charge in [0.1, 0.15) is 0 Å². The highest BCUT2D eigenvalue weighted by Crippen LogP contribution is 2.46. The Morgan fingerprint density at radius 2 is 0.934 bits per heavy atom. The van der Waals surface area contributed by atoms with Crippen molar-refractivity contribution in [2.75, 3.05) is 4.90 Å². The Morgan fingerprint density at radius 3 is 1.46 bits per heavy atom. The van der Waals surface area contributed by atoms with E-state index in [9.17, 15) is 0 Å². The Kier molecular flexibility index (Phi) is 9.90. The molecule has 0 aliphatic carbocycles. The molecule has 0 aliphatic rings. The van der Waals surface area contributed by atoms with Gasteiger partial charge in [-0.15, -0.1) is 11.3 Å². The zero-order valence-corrected chi connectivity index (χ0v) is 36.4. The summed E-state index contributed by atoms with van der Waals surface area (Å²) in [5.74, 6) is 0.956. The van der Waals surface area contributed by atoms with Crippen LogP contribution in [0.3, 0.4) is 0 Å². The molecule has 0 aliphatic heterocycles. The number of anilines is 3. The smallest absolute Gasteiger partial charge is 0.0462 e. The van der Waals surface area contributed by atoms with Gasteiger partial charge < -0.3 is 4.90 Å². The van der Waals surface area contributed by atoms with Gasteiger partial charge in [0, 0.05) is 32.0 Å². The molecule has 0 saturated carbocycles. The van der Waals surface area contributed by atoms with Gasteiger partial charge in [-0.1, -0.05) is 168 Å². The minimum absolute atomic E-state index is 0.478. The first-order valence-corrected chi connectivity index (χ1v) is 22.3. The van der Waals surface area contributed by atoms with Gasteiger partial charge in [0.2, 0.25) is 0 Å². The predicted molar refractivity (Wildman–Crippen MR) is 268 cm³/mol. The monoisotopic (exact) mass is 803 g/mol. The molecule has 1 heterocycles. The molecule has 10 rings (SSSR count). The van der Waals surface area contributed by atoms with Gasteiger partial charge in [0.05, 0.1) is 0 Å². The highest BCUT2D eigenvalue weighted by molar-refractivity contribution is 7.19. The average molecular weight is 804 g/mol. The summed E-state index contributed by atoms with van der Waals surface area (Å²) in [7, 11) is 0. The number of nitrogens with zero attached hydrogens (tertiary/aromatic N) is 1. The second kappa shape index (κ2) is 15.7. The molecule has 1 nitrogen and oxygen atoms in total. The van der Waals surface area contributed by atoms with E-state index in [1.165, 1.54) is 91.4 Å². The van der Waals surface area contributed by atoms with Crippen LogP contribution in [0.15, 0.2) is 176 Å². The lowest BCUT2D eigenvalue weighted by Gasteiger charge is -2.26. The first kappa shape index (κ1) is 38.5. The summed E-state index contributed by atoms with van der Waals surface area (Å²) in [5, 5.41) is 11.0. The predicted octanol–water partition coefficient (Wildman–Crippen LogP) is 16.0. The zero-order valence-electron chi connectivity index (χ0n) is 35.5. The number of aryl methyl sites for hydroxylation is 1. The fourth-order valence-corrected chi connectivity index (χ4v) is 10.3. The van der Waals surface area contributed by atoms with Crippen LogP contribution >= 0.6 is 11.3 Å². The van der Waals surface area contributed by atoms with Crippen molar-refractivity contribution in [3.05, 3.63) is 208 Å². The fraction of sp³-hybridized carbons (Fsp3) is 0.119. The van der Waals surface area contributed by atoms with Crippen LogP contribution in [0.2, 0.25) is 0 Å². The Bertz CT molecular complexity index is 3260. The maximum atomic E-state index is 4.42. The normalized spacial score (nSPS) is 12.1. The second-order valence-corrected chi connectivity index (χ2v) is 18.3. The van der Waals surface area contributed by atoms with E-state index in [-0.39, 0.29) is 0 Å². The van der Waals surface area contributed by atoms with Crippen molar-refractivity contribution in [3.8, 4) is 22.3 Å². The van der Waals surface area contributed by atoms with Crippen molar-refractivity contribution >= 4 is 83.5 Å². The maximum absolute atomic E-state index is 4.42. The van der Waals surface area contributed by atoms with E-state index in [1.54, 1.807) is 0 Å². The molecule has 2 heteroatoms. The van der Waals surface area contributed by atoms with E-state index in [4.69, 9.17) is 0 Å². The number of fused-ring (bicyclic) bond motifs is 4. The lowest BCUT2D eigenvalue weighted by Crippen LogP contribution is -2.23. The van der Waals surface area contributed by atoms with Gasteiger partial charge in [0.15, 0.2) is 0 Å². The van der Waals surface area contributed by atoms with E-state index < -0.39 is 0 Å². The molecule has 10 aromatic rings. The Balaban J connectivity index is 1.09. The van der Waals surface area contributed by atoms with Crippen LogP contribution < -0.4 is 15.3 Å². The van der Waals surface area contributed by atoms with Crippen molar-refractivity contribution in [2.45, 2.75) is 46.5 Å². The molecule has 0 atom stereocenters. The summed E-state index contributed by atoms with van der Waals surface area (Å²) in [5.41, 5.74) is 12.4. The van der Waals surface area contributed by atoms with Crippen molar-refractivity contribution in [1.29, 1.82) is 0 Å². The molecule has 61 heavy (non-hydrogen) atoms. The highest BCUT2D eigenvalue weighted by Gasteiger charge is 2.19. The van der Waals surface area contributed by atoms with Gasteiger partial charge in [-0.25, -0.2) is 0 Å². The lowest BCUT2D eigenvalue weighted by molar-refractivity contribution is 0.866. The van der Waals surface area contributed by atoms with E-state index in [2.05, 4.69) is 228 Å². The summed E-state index contributed by atoms with van der Waals surface area (Å²) >= 11 is 1.88. The number of thiophene rings is 1. The minimum atomic E-state index is 0.478. The Labute approximate surface area is 363 Å². The van der Waals surface area contributed by atoms with Gasteiger partial charge >= 0.3 is 0 Å². The third-order valence-electron chi connectivity index (χ3n) is 12.5. The molecule has 1 aromatic heterocycles. The standard InChI is InChI=1S/C59H49NS/c1-37(2)41-21-28-46(29-22-41)60(47-30-23-42(24-31-47)38(3)4)48-32-25-44(26-33-48)58-51-15-9-11-17-53(51)59(54-18-12-10-16-52(54)58)45-27-34-50-56(40(6)61-57(50)35-45)36-55-39(5)19-20-43-13-7-8-14-49(43)55/h7-38H,5H2,1-4,6H3/b55-36+. The topological polar surface area (TPSA) is 3.24 Å². The molecule has 0 spiro atoms. The van der Waals surface area contributed by atoms with Crippen molar-refractivity contribution in [1.82, 2.24) is 0 Å². The molecule has 0 saturated heterocycles. The van der Waals surface area contributed by atoms with Crippen LogP contribution in [0.5, 0.6) is 0 Å². The number of rotatable bonds is 8. The SMILES string of the molecule is C=c1ccc2ccccc2/c1=C/c1c(C)sc2cc(-c3c4ccccc4c(-c4ccc(N(c5ccc(C(C)C)cc5)c5ccc(C(C)C)cc5)cc4)c4ccccc34)ccc12. The molecule has 0 unspecified atom stereocenters. The molecule has 0 radical (unpaired) electrons.